The molecule has 0 fully saturated rings. The first kappa shape index (κ1) is 22.6. The summed E-state index contributed by atoms with van der Waals surface area (Å²) in [4.78, 5) is 12.1. The lowest BCUT2D eigenvalue weighted by Gasteiger charge is -2.19. The van der Waals surface area contributed by atoms with Crippen LogP contribution in [0, 0.1) is 0 Å². The van der Waals surface area contributed by atoms with Crippen LogP contribution < -0.4 is 5.43 Å². The van der Waals surface area contributed by atoms with E-state index >= 15 is 0 Å². The third-order valence-electron chi connectivity index (χ3n) is 4.67. The summed E-state index contributed by atoms with van der Waals surface area (Å²) in [5.74, 6) is 0.911. The van der Waals surface area contributed by atoms with Gasteiger partial charge in [0.15, 0.2) is 11.0 Å². The molecular weight excluding hydrogens is 410 g/mol. The van der Waals surface area contributed by atoms with Crippen LogP contribution in [0.25, 0.3) is 11.4 Å². The molecule has 8 heteroatoms. The van der Waals surface area contributed by atoms with E-state index in [9.17, 15) is 9.90 Å². The van der Waals surface area contributed by atoms with Gasteiger partial charge in [-0.25, -0.2) is 5.43 Å². The number of rotatable bonds is 7. The minimum absolute atomic E-state index is 0.0934. The highest BCUT2D eigenvalue weighted by molar-refractivity contribution is 7.99. The summed E-state index contributed by atoms with van der Waals surface area (Å²) in [6, 6.07) is 14.9. The lowest BCUT2D eigenvalue weighted by Crippen LogP contribution is -2.20. The number of aromatic nitrogens is 3. The molecule has 3 aromatic rings. The quantitative estimate of drug-likeness (QED) is 0.328. The molecule has 0 spiro atoms. The normalized spacial score (nSPS) is 11.7. The Kier molecular flexibility index (Phi) is 7.12. The van der Waals surface area contributed by atoms with Gasteiger partial charge in [-0.05, 0) is 47.7 Å². The van der Waals surface area contributed by atoms with Gasteiger partial charge in [0.1, 0.15) is 5.75 Å². The number of hydrogen-bond acceptors (Lipinski definition) is 6. The fourth-order valence-corrected chi connectivity index (χ4v) is 3.71. The van der Waals surface area contributed by atoms with E-state index < -0.39 is 0 Å². The maximum Gasteiger partial charge on any atom is 0.250 e. The van der Waals surface area contributed by atoms with Gasteiger partial charge >= 0.3 is 0 Å². The third-order valence-corrected chi connectivity index (χ3v) is 5.64. The summed E-state index contributed by atoms with van der Waals surface area (Å²) >= 11 is 1.32. The molecule has 0 bridgehead atoms. The molecule has 1 amide bonds. The van der Waals surface area contributed by atoms with Crippen LogP contribution in [-0.4, -0.2) is 37.7 Å². The molecular formula is C23H27N5O2S. The zero-order valence-electron chi connectivity index (χ0n) is 18.2. The van der Waals surface area contributed by atoms with Gasteiger partial charge in [0.05, 0.1) is 12.0 Å². The number of thioether (sulfide) groups is 1. The number of carbonyl (C=O) groups excluding carboxylic acids is 1. The summed E-state index contributed by atoms with van der Waals surface area (Å²) in [5, 5.41) is 22.5. The maximum absolute atomic E-state index is 12.1. The Morgan fingerprint density at radius 1 is 1.13 bits per heavy atom. The van der Waals surface area contributed by atoms with Gasteiger partial charge in [0.2, 0.25) is 0 Å². The molecule has 0 aliphatic heterocycles. The van der Waals surface area contributed by atoms with E-state index in [1.165, 1.54) is 23.5 Å². The second-order valence-corrected chi connectivity index (χ2v) is 8.99. The number of benzene rings is 2. The Hall–Kier alpha value is -3.13. The van der Waals surface area contributed by atoms with Crippen molar-refractivity contribution in [1.29, 1.82) is 0 Å². The summed E-state index contributed by atoms with van der Waals surface area (Å²) in [7, 11) is 0. The van der Waals surface area contributed by atoms with Crippen molar-refractivity contribution in [3.05, 3.63) is 59.7 Å². The summed E-state index contributed by atoms with van der Waals surface area (Å²) in [6.45, 7) is 9.29. The number of phenols is 1. The Bertz CT molecular complexity index is 1050. The van der Waals surface area contributed by atoms with E-state index in [1.807, 2.05) is 11.5 Å². The minimum atomic E-state index is -0.234. The number of hydrogen-bond donors (Lipinski definition) is 2. The molecule has 0 aliphatic rings. The largest absolute Gasteiger partial charge is 0.508 e. The number of amides is 1. The molecule has 2 aromatic carbocycles. The predicted octanol–water partition coefficient (Wildman–Crippen LogP) is 4.21. The highest BCUT2D eigenvalue weighted by Gasteiger charge is 2.17. The Balaban J connectivity index is 1.61. The van der Waals surface area contributed by atoms with Crippen LogP contribution in [0.5, 0.6) is 5.75 Å². The van der Waals surface area contributed by atoms with Crippen LogP contribution in [0.4, 0.5) is 0 Å². The molecule has 1 heterocycles. The predicted molar refractivity (Wildman–Crippen MR) is 124 cm³/mol. The molecule has 1 aromatic heterocycles. The molecule has 0 radical (unpaired) electrons. The van der Waals surface area contributed by atoms with Crippen molar-refractivity contribution in [3.63, 3.8) is 0 Å². The Morgan fingerprint density at radius 2 is 1.81 bits per heavy atom. The fraction of sp³-hybridized carbons (Fsp3) is 0.304. The van der Waals surface area contributed by atoms with E-state index in [2.05, 4.69) is 65.8 Å². The number of nitrogens with one attached hydrogen (secondary N) is 1. The zero-order valence-corrected chi connectivity index (χ0v) is 19.0. The third kappa shape index (κ3) is 5.95. The standard InChI is InChI=1S/C23H27N5O2S/c1-5-28-21(17-8-10-18(11-9-17)23(2,3)4)26-27-22(28)31-15-20(30)25-24-14-16-6-12-19(29)13-7-16/h6-14,29H,5,15H2,1-4H3,(H,25,30)/b24-14+. The smallest absolute Gasteiger partial charge is 0.250 e. The van der Waals surface area contributed by atoms with Crippen molar-refractivity contribution >= 4 is 23.9 Å². The van der Waals surface area contributed by atoms with Gasteiger partial charge < -0.3 is 9.67 Å². The van der Waals surface area contributed by atoms with Gasteiger partial charge in [-0.1, -0.05) is 56.8 Å². The van der Waals surface area contributed by atoms with Gasteiger partial charge in [0, 0.05) is 12.1 Å². The first-order valence-electron chi connectivity index (χ1n) is 10.1. The van der Waals surface area contributed by atoms with Gasteiger partial charge in [-0.2, -0.15) is 5.10 Å². The first-order chi connectivity index (χ1) is 14.8. The number of nitrogens with zero attached hydrogens (tertiary/aromatic N) is 4. The first-order valence-corrected chi connectivity index (χ1v) is 11.0. The number of aromatic hydroxyl groups is 1. The molecule has 2 N–H and O–H groups in total. The second-order valence-electron chi connectivity index (χ2n) is 8.05. The number of phenolic OH excluding ortho intramolecular Hbond substituents is 1. The lowest BCUT2D eigenvalue weighted by atomic mass is 9.87. The zero-order chi connectivity index (χ0) is 22.4. The van der Waals surface area contributed by atoms with Crippen molar-refractivity contribution in [1.82, 2.24) is 20.2 Å². The average molecular weight is 438 g/mol. The van der Waals surface area contributed by atoms with E-state index in [1.54, 1.807) is 24.3 Å². The Morgan fingerprint density at radius 3 is 2.42 bits per heavy atom. The van der Waals surface area contributed by atoms with E-state index in [4.69, 9.17) is 0 Å². The van der Waals surface area contributed by atoms with Crippen LogP contribution in [0.1, 0.15) is 38.8 Å². The molecule has 3 rings (SSSR count). The van der Waals surface area contributed by atoms with Crippen molar-refractivity contribution in [2.45, 2.75) is 44.8 Å². The number of hydrazone groups is 1. The van der Waals surface area contributed by atoms with E-state index in [0.717, 1.165) is 17.0 Å². The van der Waals surface area contributed by atoms with Crippen molar-refractivity contribution < 1.29 is 9.90 Å². The monoisotopic (exact) mass is 437 g/mol. The molecule has 0 saturated carbocycles. The highest BCUT2D eigenvalue weighted by Crippen LogP contribution is 2.27. The van der Waals surface area contributed by atoms with Gasteiger partial charge in [-0.3, -0.25) is 4.79 Å². The van der Waals surface area contributed by atoms with E-state index in [-0.39, 0.29) is 22.8 Å². The van der Waals surface area contributed by atoms with Crippen LogP contribution in [-0.2, 0) is 16.8 Å². The topological polar surface area (TPSA) is 92.4 Å². The van der Waals surface area contributed by atoms with Crippen LogP contribution in [0.3, 0.4) is 0 Å². The summed E-state index contributed by atoms with van der Waals surface area (Å²) in [5.41, 5.74) is 5.63. The molecule has 0 unspecified atom stereocenters. The lowest BCUT2D eigenvalue weighted by molar-refractivity contribution is -0.118. The molecule has 0 atom stereocenters. The van der Waals surface area contributed by atoms with Crippen LogP contribution in [0.15, 0.2) is 58.8 Å². The van der Waals surface area contributed by atoms with Gasteiger partial charge in [0.25, 0.3) is 5.91 Å². The Labute approximate surface area is 186 Å². The highest BCUT2D eigenvalue weighted by atomic mass is 32.2. The molecule has 162 valence electrons. The minimum Gasteiger partial charge on any atom is -0.508 e. The van der Waals surface area contributed by atoms with Crippen molar-refractivity contribution in [2.75, 3.05) is 5.75 Å². The van der Waals surface area contributed by atoms with Crippen LogP contribution >= 0.6 is 11.8 Å². The van der Waals surface area contributed by atoms with E-state index in [0.29, 0.717) is 11.7 Å². The molecule has 0 aliphatic carbocycles. The maximum atomic E-state index is 12.1. The SMILES string of the molecule is CCn1c(SCC(=O)N/N=C/c2ccc(O)cc2)nnc1-c1ccc(C(C)(C)C)cc1. The molecule has 31 heavy (non-hydrogen) atoms. The van der Waals surface area contributed by atoms with Crippen molar-refractivity contribution in [2.24, 2.45) is 5.10 Å². The molecule has 7 nitrogen and oxygen atoms in total. The average Bonchev–Trinajstić information content (AvgIpc) is 3.16. The molecule has 0 saturated heterocycles. The van der Waals surface area contributed by atoms with Crippen LogP contribution in [0.2, 0.25) is 0 Å². The summed E-state index contributed by atoms with van der Waals surface area (Å²) in [6.07, 6.45) is 1.52. The summed E-state index contributed by atoms with van der Waals surface area (Å²) < 4.78 is 2.00. The van der Waals surface area contributed by atoms with Crippen molar-refractivity contribution in [3.8, 4) is 17.1 Å². The number of carbonyl (C=O) groups is 1. The fourth-order valence-electron chi connectivity index (χ4n) is 2.91. The second kappa shape index (κ2) is 9.78. The van der Waals surface area contributed by atoms with Gasteiger partial charge in [-0.15, -0.1) is 10.2 Å².